The van der Waals surface area contributed by atoms with Gasteiger partial charge in [0.1, 0.15) is 0 Å². The molecule has 0 atom stereocenters. The zero-order valence-electron chi connectivity index (χ0n) is 10.8. The molecule has 6 heteroatoms. The number of nitrogens with zero attached hydrogens (tertiary/aromatic N) is 1. The summed E-state index contributed by atoms with van der Waals surface area (Å²) in [6.07, 6.45) is 0. The number of amides is 1. The number of rotatable bonds is 4. The standard InChI is InChI=1S/C13H19N3O2S/c14-9-11-2-1-3-12(8-11)15-13(17)10-16-4-6-19(18)7-5-16/h1-3,8H,4-7,9-10,14H2,(H,15,17). The van der Waals surface area contributed by atoms with Gasteiger partial charge in [-0.05, 0) is 17.7 Å². The Morgan fingerprint density at radius 1 is 1.37 bits per heavy atom. The molecule has 1 heterocycles. The van der Waals surface area contributed by atoms with E-state index in [1.54, 1.807) is 0 Å². The Balaban J connectivity index is 1.85. The molecule has 0 radical (unpaired) electrons. The molecule has 0 bridgehead atoms. The second-order valence-corrected chi connectivity index (χ2v) is 6.27. The van der Waals surface area contributed by atoms with E-state index >= 15 is 0 Å². The summed E-state index contributed by atoms with van der Waals surface area (Å²) in [5.74, 6) is 1.29. The third-order valence-corrected chi connectivity index (χ3v) is 4.36. The van der Waals surface area contributed by atoms with Crippen molar-refractivity contribution < 1.29 is 9.00 Å². The molecule has 1 saturated heterocycles. The minimum atomic E-state index is -0.705. The van der Waals surface area contributed by atoms with Crippen molar-refractivity contribution in [1.82, 2.24) is 4.90 Å². The van der Waals surface area contributed by atoms with Crippen LogP contribution >= 0.6 is 0 Å². The number of carbonyl (C=O) groups is 1. The first-order chi connectivity index (χ1) is 9.17. The van der Waals surface area contributed by atoms with Crippen molar-refractivity contribution >= 4 is 22.4 Å². The molecule has 19 heavy (non-hydrogen) atoms. The van der Waals surface area contributed by atoms with E-state index in [2.05, 4.69) is 5.32 Å². The summed E-state index contributed by atoms with van der Waals surface area (Å²) in [4.78, 5) is 13.9. The van der Waals surface area contributed by atoms with Crippen LogP contribution in [0.1, 0.15) is 5.56 Å². The summed E-state index contributed by atoms with van der Waals surface area (Å²) in [5, 5.41) is 2.86. The normalized spacial score (nSPS) is 17.3. The highest BCUT2D eigenvalue weighted by molar-refractivity contribution is 7.85. The third kappa shape index (κ3) is 4.41. The molecule has 0 saturated carbocycles. The highest BCUT2D eigenvalue weighted by Crippen LogP contribution is 2.10. The van der Waals surface area contributed by atoms with Gasteiger partial charge in [-0.15, -0.1) is 0 Å². The smallest absolute Gasteiger partial charge is 0.238 e. The number of hydrogen-bond donors (Lipinski definition) is 2. The molecule has 1 aromatic carbocycles. The fraction of sp³-hybridized carbons (Fsp3) is 0.462. The lowest BCUT2D eigenvalue weighted by Crippen LogP contribution is -2.42. The predicted octanol–water partition coefficient (Wildman–Crippen LogP) is 0.148. The monoisotopic (exact) mass is 281 g/mol. The molecule has 104 valence electrons. The molecule has 5 nitrogen and oxygen atoms in total. The first kappa shape index (κ1) is 14.2. The van der Waals surface area contributed by atoms with Gasteiger partial charge >= 0.3 is 0 Å². The van der Waals surface area contributed by atoms with Gasteiger partial charge in [-0.1, -0.05) is 12.1 Å². The number of anilines is 1. The summed E-state index contributed by atoms with van der Waals surface area (Å²) in [5.41, 5.74) is 7.33. The Labute approximate surface area is 115 Å². The van der Waals surface area contributed by atoms with Crippen LogP contribution in [0.3, 0.4) is 0 Å². The molecule has 3 N–H and O–H groups in total. The average Bonchev–Trinajstić information content (AvgIpc) is 2.41. The zero-order chi connectivity index (χ0) is 13.7. The number of hydrogen-bond acceptors (Lipinski definition) is 4. The minimum Gasteiger partial charge on any atom is -0.326 e. The summed E-state index contributed by atoms with van der Waals surface area (Å²) >= 11 is 0. The van der Waals surface area contributed by atoms with E-state index in [1.807, 2.05) is 29.2 Å². The van der Waals surface area contributed by atoms with Crippen LogP contribution < -0.4 is 11.1 Å². The minimum absolute atomic E-state index is 0.0400. The lowest BCUT2D eigenvalue weighted by atomic mass is 10.2. The molecular formula is C13H19N3O2S. The molecule has 0 unspecified atom stereocenters. The first-order valence-electron chi connectivity index (χ1n) is 6.33. The quantitative estimate of drug-likeness (QED) is 0.823. The molecule has 1 fully saturated rings. The van der Waals surface area contributed by atoms with Gasteiger partial charge in [0.2, 0.25) is 5.91 Å². The summed E-state index contributed by atoms with van der Waals surface area (Å²) in [6.45, 7) is 2.26. The van der Waals surface area contributed by atoms with E-state index in [1.165, 1.54) is 0 Å². The number of nitrogens with one attached hydrogen (secondary N) is 1. The van der Waals surface area contributed by atoms with Crippen molar-refractivity contribution in [2.45, 2.75) is 6.54 Å². The largest absolute Gasteiger partial charge is 0.326 e. The van der Waals surface area contributed by atoms with E-state index < -0.39 is 10.8 Å². The van der Waals surface area contributed by atoms with Gasteiger partial charge in [-0.3, -0.25) is 13.9 Å². The van der Waals surface area contributed by atoms with E-state index in [9.17, 15) is 9.00 Å². The maximum Gasteiger partial charge on any atom is 0.238 e. The van der Waals surface area contributed by atoms with Crippen LogP contribution in [0.4, 0.5) is 5.69 Å². The van der Waals surface area contributed by atoms with Crippen LogP contribution in [0.5, 0.6) is 0 Å². The van der Waals surface area contributed by atoms with Gasteiger partial charge in [0.25, 0.3) is 0 Å². The van der Waals surface area contributed by atoms with Crippen LogP contribution in [0.25, 0.3) is 0 Å². The van der Waals surface area contributed by atoms with Crippen molar-refractivity contribution in [2.24, 2.45) is 5.73 Å². The van der Waals surface area contributed by atoms with Crippen molar-refractivity contribution in [3.05, 3.63) is 29.8 Å². The molecule has 2 rings (SSSR count). The van der Waals surface area contributed by atoms with Gasteiger partial charge in [0.05, 0.1) is 6.54 Å². The van der Waals surface area contributed by atoms with Gasteiger partial charge in [0.15, 0.2) is 0 Å². The van der Waals surface area contributed by atoms with Crippen LogP contribution in [0.15, 0.2) is 24.3 Å². The second kappa shape index (κ2) is 6.79. The molecule has 0 spiro atoms. The van der Waals surface area contributed by atoms with Gasteiger partial charge in [-0.25, -0.2) is 0 Å². The fourth-order valence-electron chi connectivity index (χ4n) is 2.01. The fourth-order valence-corrected chi connectivity index (χ4v) is 3.14. The molecule has 0 aromatic heterocycles. The van der Waals surface area contributed by atoms with Crippen molar-refractivity contribution in [2.75, 3.05) is 36.5 Å². The molecule has 1 aliphatic heterocycles. The number of carbonyl (C=O) groups excluding carboxylic acids is 1. The Kier molecular flexibility index (Phi) is 5.07. The van der Waals surface area contributed by atoms with Crippen LogP contribution in [-0.2, 0) is 22.1 Å². The Hall–Kier alpha value is -1.24. The highest BCUT2D eigenvalue weighted by atomic mass is 32.2. The van der Waals surface area contributed by atoms with Gasteiger partial charge in [0, 0.05) is 47.6 Å². The van der Waals surface area contributed by atoms with Gasteiger partial charge in [-0.2, -0.15) is 0 Å². The first-order valence-corrected chi connectivity index (χ1v) is 7.82. The van der Waals surface area contributed by atoms with E-state index in [-0.39, 0.29) is 5.91 Å². The maximum atomic E-state index is 11.9. The Morgan fingerprint density at radius 2 is 2.11 bits per heavy atom. The van der Waals surface area contributed by atoms with Crippen LogP contribution in [-0.4, -0.2) is 46.2 Å². The van der Waals surface area contributed by atoms with Crippen LogP contribution in [0, 0.1) is 0 Å². The number of nitrogens with two attached hydrogens (primary N) is 1. The zero-order valence-corrected chi connectivity index (χ0v) is 11.6. The van der Waals surface area contributed by atoms with Crippen molar-refractivity contribution in [1.29, 1.82) is 0 Å². The lowest BCUT2D eigenvalue weighted by Gasteiger charge is -2.25. The average molecular weight is 281 g/mol. The van der Waals surface area contributed by atoms with Crippen molar-refractivity contribution in [3.8, 4) is 0 Å². The van der Waals surface area contributed by atoms with E-state index in [0.29, 0.717) is 24.6 Å². The molecular weight excluding hydrogens is 262 g/mol. The second-order valence-electron chi connectivity index (χ2n) is 4.58. The maximum absolute atomic E-state index is 11.9. The van der Waals surface area contributed by atoms with Crippen molar-refractivity contribution in [3.63, 3.8) is 0 Å². The van der Waals surface area contributed by atoms with Crippen LogP contribution in [0.2, 0.25) is 0 Å². The lowest BCUT2D eigenvalue weighted by molar-refractivity contribution is -0.117. The Morgan fingerprint density at radius 3 is 2.79 bits per heavy atom. The number of benzene rings is 1. The molecule has 1 aromatic rings. The van der Waals surface area contributed by atoms with Gasteiger partial charge < -0.3 is 11.1 Å². The molecule has 1 amide bonds. The summed E-state index contributed by atoms with van der Waals surface area (Å²) in [6, 6.07) is 7.53. The predicted molar refractivity (Wildman–Crippen MR) is 77.3 cm³/mol. The third-order valence-electron chi connectivity index (χ3n) is 3.08. The van der Waals surface area contributed by atoms with E-state index in [0.717, 1.165) is 24.3 Å². The topological polar surface area (TPSA) is 75.4 Å². The SMILES string of the molecule is NCc1cccc(NC(=O)CN2CCS(=O)CC2)c1. The summed E-state index contributed by atoms with van der Waals surface area (Å²) < 4.78 is 11.2. The molecule has 0 aliphatic carbocycles. The Bertz CT molecular complexity index is 469. The highest BCUT2D eigenvalue weighted by Gasteiger charge is 2.17. The summed E-state index contributed by atoms with van der Waals surface area (Å²) in [7, 11) is -0.705. The molecule has 1 aliphatic rings. The van der Waals surface area contributed by atoms with E-state index in [4.69, 9.17) is 5.73 Å².